The number of aryl methyl sites for hydroxylation is 3. The standard InChI is InChI=1S/C45H46N4O.Pt/c1-7-8-10-14-33-19-22-41-40(27-33)39-21-20-38(30-42(39)48(41)43-28-34(24-26-46-43)23-25-45(4,5)6)50-37-18-13-17-36(29-37)49-32(3)44(31(2)47-49)35-15-11-9-12-16-35;/h9,11-13,15-22,24,26-28H,7-8,10,14,23,25H2,1-6H3;/q-2;+2. The van der Waals surface area contributed by atoms with Gasteiger partial charge in [0.25, 0.3) is 0 Å². The number of rotatable bonds is 11. The Kier molecular flexibility index (Phi) is 11.0. The number of unbranched alkanes of at least 4 members (excludes halogenated alkanes) is 2. The molecular formula is C45H46N4OPt. The van der Waals surface area contributed by atoms with Gasteiger partial charge < -0.3 is 9.30 Å². The van der Waals surface area contributed by atoms with Gasteiger partial charge in [0.1, 0.15) is 5.82 Å². The normalized spacial score (nSPS) is 11.6. The number of aromatic nitrogens is 4. The van der Waals surface area contributed by atoms with Crippen LogP contribution < -0.4 is 4.74 Å². The molecule has 0 unspecified atom stereocenters. The summed E-state index contributed by atoms with van der Waals surface area (Å²) in [4.78, 5) is 4.89. The number of ether oxygens (including phenoxy) is 1. The quantitative estimate of drug-likeness (QED) is 0.0962. The van der Waals surface area contributed by atoms with Crippen LogP contribution in [0.2, 0.25) is 0 Å². The third kappa shape index (κ3) is 7.90. The maximum atomic E-state index is 6.50. The van der Waals surface area contributed by atoms with Crippen molar-refractivity contribution in [2.45, 2.75) is 80.1 Å². The average Bonchev–Trinajstić information content (AvgIpc) is 3.59. The first kappa shape index (κ1) is 36.3. The topological polar surface area (TPSA) is 44.9 Å². The number of benzene rings is 4. The molecule has 0 atom stereocenters. The van der Waals surface area contributed by atoms with Crippen LogP contribution in [-0.2, 0) is 33.9 Å². The Morgan fingerprint density at radius 3 is 2.33 bits per heavy atom. The molecule has 0 spiro atoms. The zero-order chi connectivity index (χ0) is 34.8. The second-order valence-corrected chi connectivity index (χ2v) is 14.6. The number of hydrogen-bond acceptors (Lipinski definition) is 3. The van der Waals surface area contributed by atoms with Crippen molar-refractivity contribution in [3.05, 3.63) is 132 Å². The summed E-state index contributed by atoms with van der Waals surface area (Å²) < 4.78 is 10.7. The van der Waals surface area contributed by atoms with E-state index in [1.165, 1.54) is 35.8 Å². The van der Waals surface area contributed by atoms with Gasteiger partial charge in [0, 0.05) is 34.5 Å². The second-order valence-electron chi connectivity index (χ2n) is 14.6. The molecule has 262 valence electrons. The molecule has 3 aromatic heterocycles. The monoisotopic (exact) mass is 853 g/mol. The third-order valence-corrected chi connectivity index (χ3v) is 9.54. The first-order chi connectivity index (χ1) is 24.2. The summed E-state index contributed by atoms with van der Waals surface area (Å²) in [6, 6.07) is 38.9. The van der Waals surface area contributed by atoms with Gasteiger partial charge in [-0.15, -0.1) is 35.7 Å². The van der Waals surface area contributed by atoms with Crippen LogP contribution in [0.15, 0.2) is 97.2 Å². The fourth-order valence-electron chi connectivity index (χ4n) is 6.90. The van der Waals surface area contributed by atoms with Gasteiger partial charge in [-0.1, -0.05) is 88.5 Å². The summed E-state index contributed by atoms with van der Waals surface area (Å²) in [5.74, 6) is 2.13. The number of hydrogen-bond donors (Lipinski definition) is 0. The molecule has 0 N–H and O–H groups in total. The molecule has 0 saturated heterocycles. The molecule has 0 saturated carbocycles. The van der Waals surface area contributed by atoms with Crippen molar-refractivity contribution in [3.63, 3.8) is 0 Å². The number of fused-ring (bicyclic) bond motifs is 3. The Labute approximate surface area is 317 Å². The van der Waals surface area contributed by atoms with Crippen LogP contribution in [-0.4, -0.2) is 19.3 Å². The molecule has 51 heavy (non-hydrogen) atoms. The van der Waals surface area contributed by atoms with E-state index in [2.05, 4.69) is 119 Å². The first-order valence-corrected chi connectivity index (χ1v) is 18.0. The predicted molar refractivity (Wildman–Crippen MR) is 206 cm³/mol. The Morgan fingerprint density at radius 2 is 1.55 bits per heavy atom. The molecule has 0 fully saturated rings. The van der Waals surface area contributed by atoms with Crippen LogP contribution in [0.4, 0.5) is 0 Å². The first-order valence-electron chi connectivity index (χ1n) is 18.0. The van der Waals surface area contributed by atoms with E-state index in [0.717, 1.165) is 69.7 Å². The molecule has 0 aliphatic heterocycles. The van der Waals surface area contributed by atoms with E-state index < -0.39 is 0 Å². The Morgan fingerprint density at radius 1 is 0.765 bits per heavy atom. The van der Waals surface area contributed by atoms with Crippen LogP contribution >= 0.6 is 0 Å². The van der Waals surface area contributed by atoms with Gasteiger partial charge in [0.2, 0.25) is 0 Å². The van der Waals surface area contributed by atoms with Gasteiger partial charge in [-0.25, -0.2) is 4.98 Å². The minimum absolute atomic E-state index is 0. The van der Waals surface area contributed by atoms with Gasteiger partial charge in [-0.05, 0) is 90.9 Å². The van der Waals surface area contributed by atoms with Gasteiger partial charge in [-0.3, -0.25) is 4.68 Å². The molecule has 4 aromatic carbocycles. The molecule has 0 bridgehead atoms. The van der Waals surface area contributed by atoms with Crippen molar-refractivity contribution in [1.82, 2.24) is 19.3 Å². The molecule has 0 aliphatic rings. The average molecular weight is 854 g/mol. The van der Waals surface area contributed by atoms with Gasteiger partial charge in [0.15, 0.2) is 0 Å². The molecular weight excluding hydrogens is 808 g/mol. The molecule has 3 heterocycles. The van der Waals surface area contributed by atoms with Crippen molar-refractivity contribution in [1.29, 1.82) is 0 Å². The number of nitrogens with zero attached hydrogens (tertiary/aromatic N) is 4. The van der Waals surface area contributed by atoms with E-state index in [-0.39, 0.29) is 26.5 Å². The minimum Gasteiger partial charge on any atom is -0.509 e. The van der Waals surface area contributed by atoms with E-state index in [1.54, 1.807) is 0 Å². The molecule has 6 heteroatoms. The smallest absolute Gasteiger partial charge is 0.509 e. The molecule has 0 amide bonds. The fraction of sp³-hybridized carbons (Fsp3) is 0.289. The maximum absolute atomic E-state index is 6.50. The van der Waals surface area contributed by atoms with E-state index >= 15 is 0 Å². The van der Waals surface area contributed by atoms with Gasteiger partial charge in [0.05, 0.1) is 5.69 Å². The van der Waals surface area contributed by atoms with E-state index in [0.29, 0.717) is 11.5 Å². The largest absolute Gasteiger partial charge is 2.00 e. The van der Waals surface area contributed by atoms with Crippen LogP contribution in [0.5, 0.6) is 11.5 Å². The van der Waals surface area contributed by atoms with Gasteiger partial charge in [-0.2, -0.15) is 17.2 Å². The Hall–Kier alpha value is -4.47. The summed E-state index contributed by atoms with van der Waals surface area (Å²) in [5.41, 5.74) is 10.1. The van der Waals surface area contributed by atoms with Crippen LogP contribution in [0, 0.1) is 31.4 Å². The second kappa shape index (κ2) is 15.4. The summed E-state index contributed by atoms with van der Waals surface area (Å²) in [6.07, 6.45) is 8.78. The maximum Gasteiger partial charge on any atom is 2.00 e. The third-order valence-electron chi connectivity index (χ3n) is 9.54. The van der Waals surface area contributed by atoms with Crippen molar-refractivity contribution in [2.75, 3.05) is 0 Å². The Bertz CT molecular complexity index is 2280. The van der Waals surface area contributed by atoms with Crippen molar-refractivity contribution in [3.8, 4) is 34.1 Å². The Balaban J connectivity index is 0.00000448. The van der Waals surface area contributed by atoms with E-state index in [1.807, 2.05) is 41.2 Å². The van der Waals surface area contributed by atoms with Crippen LogP contribution in [0.3, 0.4) is 0 Å². The molecule has 7 aromatic rings. The van der Waals surface area contributed by atoms with Crippen LogP contribution in [0.25, 0.3) is 44.4 Å². The SMILES string of the molecule is CCCCCc1ccc2c(c1)c1ccc(Oc3[c-]c(-n4nc(C)c(-c5ccccc5)c4C)ccc3)[c-]c1n2-c1cc(CCC(C)(C)C)ccn1.[Pt+2]. The zero-order valence-electron chi connectivity index (χ0n) is 30.5. The summed E-state index contributed by atoms with van der Waals surface area (Å²) in [5, 5.41) is 7.24. The van der Waals surface area contributed by atoms with Crippen molar-refractivity contribution < 1.29 is 25.8 Å². The summed E-state index contributed by atoms with van der Waals surface area (Å²) >= 11 is 0. The molecule has 7 rings (SSSR count). The van der Waals surface area contributed by atoms with E-state index in [9.17, 15) is 0 Å². The van der Waals surface area contributed by atoms with E-state index in [4.69, 9.17) is 14.8 Å². The predicted octanol–water partition coefficient (Wildman–Crippen LogP) is 11.7. The van der Waals surface area contributed by atoms with Crippen LogP contribution in [0.1, 0.15) is 75.9 Å². The molecule has 0 radical (unpaired) electrons. The van der Waals surface area contributed by atoms with Crippen molar-refractivity contribution in [2.24, 2.45) is 5.41 Å². The van der Waals surface area contributed by atoms with Crippen molar-refractivity contribution >= 4 is 21.8 Å². The summed E-state index contributed by atoms with van der Waals surface area (Å²) in [6.45, 7) is 13.3. The number of pyridine rings is 1. The summed E-state index contributed by atoms with van der Waals surface area (Å²) in [7, 11) is 0. The zero-order valence-corrected chi connectivity index (χ0v) is 32.8. The molecule has 5 nitrogen and oxygen atoms in total. The fourth-order valence-corrected chi connectivity index (χ4v) is 6.90. The minimum atomic E-state index is 0. The van der Waals surface area contributed by atoms with Gasteiger partial charge >= 0.3 is 21.1 Å². The molecule has 0 aliphatic carbocycles.